The highest BCUT2D eigenvalue weighted by Gasteiger charge is 2.23. The Kier molecular flexibility index (Phi) is 5.47. The van der Waals surface area contributed by atoms with E-state index in [1.165, 1.54) is 11.8 Å². The van der Waals surface area contributed by atoms with Crippen LogP contribution in [0, 0.1) is 13.8 Å². The van der Waals surface area contributed by atoms with E-state index in [-0.39, 0.29) is 6.10 Å². The number of nitrogens with zero attached hydrogens (tertiary/aromatic N) is 2. The monoisotopic (exact) mass is 326 g/mol. The van der Waals surface area contributed by atoms with E-state index in [0.717, 1.165) is 42.5 Å². The van der Waals surface area contributed by atoms with E-state index in [9.17, 15) is 9.59 Å². The van der Waals surface area contributed by atoms with Gasteiger partial charge in [-0.25, -0.2) is 9.78 Å². The van der Waals surface area contributed by atoms with Crippen LogP contribution in [0.5, 0.6) is 0 Å². The van der Waals surface area contributed by atoms with Crippen LogP contribution in [-0.4, -0.2) is 39.5 Å². The van der Waals surface area contributed by atoms with Gasteiger partial charge in [-0.05, 0) is 33.6 Å². The number of aromatic nitrogens is 2. The molecule has 1 aromatic heterocycles. The number of carbonyl (C=O) groups is 2. The molecule has 0 bridgehead atoms. The highest BCUT2D eigenvalue weighted by Crippen LogP contribution is 2.27. The minimum Gasteiger partial charge on any atom is -0.376 e. The summed E-state index contributed by atoms with van der Waals surface area (Å²) in [6.45, 7) is 7.21. The van der Waals surface area contributed by atoms with Crippen molar-refractivity contribution in [2.24, 2.45) is 5.73 Å². The second kappa shape index (κ2) is 7.15. The average molecular weight is 326 g/mol. The molecule has 3 N–H and O–H groups in total. The van der Waals surface area contributed by atoms with Crippen molar-refractivity contribution in [1.29, 1.82) is 0 Å². The van der Waals surface area contributed by atoms with Gasteiger partial charge in [0.25, 0.3) is 0 Å². The van der Waals surface area contributed by atoms with Crippen molar-refractivity contribution in [2.45, 2.75) is 56.7 Å². The standard InChI is InChI=1S/C14H22N4O3S/c1-8-9(2)18(7-11-5-4-6-21-11)14(16-8)22-10(3)12(19)17-13(15)20/h10-11H,4-7H2,1-3H3,(H3,15,17,19,20). The summed E-state index contributed by atoms with van der Waals surface area (Å²) in [5, 5.41) is 2.39. The SMILES string of the molecule is Cc1nc(SC(C)C(=O)NC(N)=O)n(CC2CCCO2)c1C. The lowest BCUT2D eigenvalue weighted by Gasteiger charge is -2.16. The molecular formula is C14H22N4O3S. The summed E-state index contributed by atoms with van der Waals surface area (Å²) in [6.07, 6.45) is 2.32. The smallest absolute Gasteiger partial charge is 0.318 e. The summed E-state index contributed by atoms with van der Waals surface area (Å²) < 4.78 is 7.77. The number of nitrogens with one attached hydrogen (secondary N) is 1. The molecule has 1 fully saturated rings. The van der Waals surface area contributed by atoms with Crippen LogP contribution < -0.4 is 11.1 Å². The Morgan fingerprint density at radius 2 is 2.27 bits per heavy atom. The molecule has 2 heterocycles. The summed E-state index contributed by atoms with van der Waals surface area (Å²) in [5.74, 6) is -0.417. The minimum atomic E-state index is -0.840. The third-order valence-corrected chi connectivity index (χ3v) is 4.82. The molecule has 3 amide bonds. The number of imidazole rings is 1. The van der Waals surface area contributed by atoms with E-state index in [0.29, 0.717) is 0 Å². The maximum Gasteiger partial charge on any atom is 0.318 e. The Balaban J connectivity index is 2.10. The molecule has 0 saturated carbocycles. The number of rotatable bonds is 5. The fourth-order valence-electron chi connectivity index (χ4n) is 2.36. The quantitative estimate of drug-likeness (QED) is 0.796. The van der Waals surface area contributed by atoms with Gasteiger partial charge < -0.3 is 15.0 Å². The zero-order chi connectivity index (χ0) is 16.3. The van der Waals surface area contributed by atoms with Crippen LogP contribution in [0.2, 0.25) is 0 Å². The van der Waals surface area contributed by atoms with Crippen LogP contribution in [0.25, 0.3) is 0 Å². The number of imide groups is 1. The highest BCUT2D eigenvalue weighted by molar-refractivity contribution is 8.00. The molecule has 0 aliphatic carbocycles. The van der Waals surface area contributed by atoms with Gasteiger partial charge in [-0.15, -0.1) is 0 Å². The number of aryl methyl sites for hydroxylation is 1. The first kappa shape index (κ1) is 16.8. The maximum absolute atomic E-state index is 11.8. The van der Waals surface area contributed by atoms with Crippen LogP contribution in [-0.2, 0) is 16.1 Å². The van der Waals surface area contributed by atoms with Gasteiger partial charge in [0.2, 0.25) is 5.91 Å². The average Bonchev–Trinajstić information content (AvgIpc) is 3.03. The molecule has 7 nitrogen and oxygen atoms in total. The lowest BCUT2D eigenvalue weighted by Crippen LogP contribution is -2.39. The van der Waals surface area contributed by atoms with Gasteiger partial charge in [-0.3, -0.25) is 10.1 Å². The third kappa shape index (κ3) is 4.01. The third-order valence-electron chi connectivity index (χ3n) is 3.73. The Labute approximate surface area is 134 Å². The number of hydrogen-bond donors (Lipinski definition) is 2. The molecule has 0 aromatic carbocycles. The van der Waals surface area contributed by atoms with E-state index in [1.54, 1.807) is 6.92 Å². The number of amides is 3. The lowest BCUT2D eigenvalue weighted by molar-refractivity contribution is -0.119. The molecule has 1 aromatic rings. The first-order chi connectivity index (χ1) is 10.4. The summed E-state index contributed by atoms with van der Waals surface area (Å²) in [7, 11) is 0. The van der Waals surface area contributed by atoms with Crippen molar-refractivity contribution in [3.05, 3.63) is 11.4 Å². The molecule has 2 rings (SSSR count). The van der Waals surface area contributed by atoms with Gasteiger partial charge >= 0.3 is 6.03 Å². The van der Waals surface area contributed by atoms with Gasteiger partial charge in [0.05, 0.1) is 23.6 Å². The van der Waals surface area contributed by atoms with E-state index < -0.39 is 17.2 Å². The molecule has 2 atom stereocenters. The van der Waals surface area contributed by atoms with Crippen molar-refractivity contribution in [2.75, 3.05) is 6.61 Å². The predicted molar refractivity (Wildman–Crippen MR) is 83.7 cm³/mol. The molecule has 1 saturated heterocycles. The van der Waals surface area contributed by atoms with Gasteiger partial charge in [-0.1, -0.05) is 11.8 Å². The van der Waals surface area contributed by atoms with Gasteiger partial charge in [0.15, 0.2) is 5.16 Å². The second-order valence-corrected chi connectivity index (χ2v) is 6.73. The maximum atomic E-state index is 11.8. The molecule has 22 heavy (non-hydrogen) atoms. The molecule has 0 spiro atoms. The van der Waals surface area contributed by atoms with Crippen LogP contribution in [0.3, 0.4) is 0 Å². The molecule has 2 unspecified atom stereocenters. The number of urea groups is 1. The fraction of sp³-hybridized carbons (Fsp3) is 0.643. The first-order valence-electron chi connectivity index (χ1n) is 7.30. The number of primary amides is 1. The zero-order valence-corrected chi connectivity index (χ0v) is 13.9. The summed E-state index contributed by atoms with van der Waals surface area (Å²) in [5.41, 5.74) is 6.98. The van der Waals surface area contributed by atoms with Crippen molar-refractivity contribution < 1.29 is 14.3 Å². The van der Waals surface area contributed by atoms with Crippen LogP contribution in [0.4, 0.5) is 4.79 Å². The van der Waals surface area contributed by atoms with Gasteiger partial charge in [-0.2, -0.15) is 0 Å². The highest BCUT2D eigenvalue weighted by atomic mass is 32.2. The van der Waals surface area contributed by atoms with E-state index in [4.69, 9.17) is 10.5 Å². The topological polar surface area (TPSA) is 99.2 Å². The number of thioether (sulfide) groups is 1. The van der Waals surface area contributed by atoms with Crippen molar-refractivity contribution in [1.82, 2.24) is 14.9 Å². The van der Waals surface area contributed by atoms with Crippen LogP contribution in [0.1, 0.15) is 31.2 Å². The fourth-order valence-corrected chi connectivity index (χ4v) is 3.37. The Hall–Kier alpha value is -1.54. The molecule has 1 aliphatic rings. The predicted octanol–water partition coefficient (Wildman–Crippen LogP) is 1.35. The number of carbonyl (C=O) groups excluding carboxylic acids is 2. The number of hydrogen-bond acceptors (Lipinski definition) is 5. The number of nitrogens with two attached hydrogens (primary N) is 1. The normalized spacial score (nSPS) is 19.1. The van der Waals surface area contributed by atoms with E-state index in [1.807, 2.05) is 13.8 Å². The zero-order valence-electron chi connectivity index (χ0n) is 13.1. The van der Waals surface area contributed by atoms with Gasteiger partial charge in [0.1, 0.15) is 0 Å². The molecule has 8 heteroatoms. The molecule has 1 aliphatic heterocycles. The van der Waals surface area contributed by atoms with Crippen molar-refractivity contribution in [3.8, 4) is 0 Å². The minimum absolute atomic E-state index is 0.196. The molecule has 122 valence electrons. The Bertz CT molecular complexity index is 567. The number of ether oxygens (including phenoxy) is 1. The van der Waals surface area contributed by atoms with Crippen LogP contribution in [0.15, 0.2) is 5.16 Å². The summed E-state index contributed by atoms with van der Waals surface area (Å²) in [4.78, 5) is 27.1. The van der Waals surface area contributed by atoms with Crippen molar-refractivity contribution in [3.63, 3.8) is 0 Å². The van der Waals surface area contributed by atoms with E-state index >= 15 is 0 Å². The largest absolute Gasteiger partial charge is 0.376 e. The molecular weight excluding hydrogens is 304 g/mol. The first-order valence-corrected chi connectivity index (χ1v) is 8.18. The second-order valence-electron chi connectivity index (χ2n) is 5.42. The summed E-state index contributed by atoms with van der Waals surface area (Å²) in [6, 6.07) is -0.840. The Morgan fingerprint density at radius 3 is 2.86 bits per heavy atom. The van der Waals surface area contributed by atoms with Crippen LogP contribution >= 0.6 is 11.8 Å². The van der Waals surface area contributed by atoms with Crippen molar-refractivity contribution >= 4 is 23.7 Å². The molecule has 0 radical (unpaired) electrons. The Morgan fingerprint density at radius 1 is 1.55 bits per heavy atom. The van der Waals surface area contributed by atoms with Gasteiger partial charge in [0, 0.05) is 12.3 Å². The summed E-state index contributed by atoms with van der Waals surface area (Å²) >= 11 is 1.32. The van der Waals surface area contributed by atoms with E-state index in [2.05, 4.69) is 14.9 Å². The lowest BCUT2D eigenvalue weighted by atomic mass is 10.2.